The van der Waals surface area contributed by atoms with Crippen LogP contribution in [0.15, 0.2) is 18.2 Å². The van der Waals surface area contributed by atoms with E-state index in [1.54, 1.807) is 46.4 Å². The molecule has 262 valence electrons. The monoisotopic (exact) mass is 710 g/mol. The Balaban J connectivity index is 1.46. The summed E-state index contributed by atoms with van der Waals surface area (Å²) in [6.45, 7) is 10.2. The first-order valence-corrected chi connectivity index (χ1v) is 16.1. The highest BCUT2D eigenvalue weighted by atomic mass is 32.1. The summed E-state index contributed by atoms with van der Waals surface area (Å²) < 4.78 is 101. The minimum atomic E-state index is -5.15. The van der Waals surface area contributed by atoms with Crippen molar-refractivity contribution in [2.75, 3.05) is 23.3 Å². The molecule has 2 aliphatic heterocycles. The van der Waals surface area contributed by atoms with Crippen molar-refractivity contribution in [2.24, 2.45) is 0 Å². The minimum absolute atomic E-state index is 0.0802. The van der Waals surface area contributed by atoms with E-state index in [9.17, 15) is 27.2 Å². The Morgan fingerprint density at radius 2 is 1.53 bits per heavy atom. The quantitative estimate of drug-likeness (QED) is 0.167. The summed E-state index contributed by atoms with van der Waals surface area (Å²) in [5.41, 5.74) is -5.69. The molecule has 0 aliphatic carbocycles. The van der Waals surface area contributed by atoms with E-state index in [2.05, 4.69) is 20.3 Å². The lowest BCUT2D eigenvalue weighted by Gasteiger charge is -2.42. The molecule has 4 aromatic rings. The van der Waals surface area contributed by atoms with Crippen LogP contribution in [0.3, 0.4) is 0 Å². The number of alkyl halides is 3. The third kappa shape index (κ3) is 6.76. The maximum Gasteiger partial charge on any atom is 0.417 e. The number of aromatic nitrogens is 3. The van der Waals surface area contributed by atoms with E-state index in [1.807, 2.05) is 0 Å². The zero-order valence-electron chi connectivity index (χ0n) is 27.3. The topological polar surface area (TPSA) is 110 Å². The standard InChI is InChI=1S/C32H32F6N6O4S/c1-30(2,3)47-28(45)42-27-40-23-16(9-10-19(33)24(23)49-27)20-18(32(36,37)38)11-17-22(21(20)34)39-26(35)41-25(17)43-12-14-7-8-15(13-43)44(14)29(46)48-31(4,5)6/h9-11,14-15H,7-8,12-13H2,1-6H3,(H,40,42,45). The number of rotatable bonds is 3. The van der Waals surface area contributed by atoms with Crippen molar-refractivity contribution in [3.63, 3.8) is 0 Å². The molecule has 49 heavy (non-hydrogen) atoms. The van der Waals surface area contributed by atoms with Gasteiger partial charge < -0.3 is 14.4 Å². The van der Waals surface area contributed by atoms with Crippen molar-refractivity contribution in [2.45, 2.75) is 83.8 Å². The molecule has 0 spiro atoms. The largest absolute Gasteiger partial charge is 0.444 e. The van der Waals surface area contributed by atoms with Crippen LogP contribution >= 0.6 is 11.3 Å². The van der Waals surface area contributed by atoms with Crippen LogP contribution in [0.25, 0.3) is 32.2 Å². The SMILES string of the molecule is CC(C)(C)OC(=O)Nc1nc2c(-c3c(C(F)(F)F)cc4c(N5CC6CCC(C5)N6C(=O)OC(C)(C)C)nc(F)nc4c3F)ccc(F)c2s1. The van der Waals surface area contributed by atoms with Crippen LogP contribution in [0.5, 0.6) is 0 Å². The number of benzene rings is 2. The number of carbonyl (C=O) groups is 2. The molecular weight excluding hydrogens is 678 g/mol. The van der Waals surface area contributed by atoms with E-state index in [0.29, 0.717) is 30.2 Å². The molecule has 4 heterocycles. The first-order valence-electron chi connectivity index (χ1n) is 15.3. The lowest BCUT2D eigenvalue weighted by atomic mass is 9.95. The maximum absolute atomic E-state index is 16.5. The number of ether oxygens (including phenoxy) is 2. The number of piperazine rings is 1. The van der Waals surface area contributed by atoms with Crippen molar-refractivity contribution in [1.29, 1.82) is 0 Å². The molecule has 2 aromatic carbocycles. The van der Waals surface area contributed by atoms with Gasteiger partial charge in [0.25, 0.3) is 0 Å². The normalized spacial score (nSPS) is 18.4. The van der Waals surface area contributed by atoms with Crippen molar-refractivity contribution < 1.29 is 45.4 Å². The zero-order valence-corrected chi connectivity index (χ0v) is 28.1. The Kier molecular flexibility index (Phi) is 8.35. The molecule has 2 unspecified atom stereocenters. The number of carbonyl (C=O) groups excluding carboxylic acids is 2. The highest BCUT2D eigenvalue weighted by Gasteiger charge is 2.45. The van der Waals surface area contributed by atoms with Gasteiger partial charge in [-0.15, -0.1) is 0 Å². The molecule has 1 N–H and O–H groups in total. The van der Waals surface area contributed by atoms with E-state index >= 15 is 8.78 Å². The summed E-state index contributed by atoms with van der Waals surface area (Å²) in [4.78, 5) is 39.9. The second-order valence-electron chi connectivity index (χ2n) is 13.9. The van der Waals surface area contributed by atoms with Gasteiger partial charge in [-0.05, 0) is 72.6 Å². The average molecular weight is 711 g/mol. The maximum atomic E-state index is 16.5. The number of halogens is 6. The van der Waals surface area contributed by atoms with Crippen molar-refractivity contribution in [3.8, 4) is 11.1 Å². The van der Waals surface area contributed by atoms with Gasteiger partial charge in [0.2, 0.25) is 0 Å². The van der Waals surface area contributed by atoms with Gasteiger partial charge in [0, 0.05) is 29.6 Å². The van der Waals surface area contributed by atoms with Crippen LogP contribution in [-0.2, 0) is 15.7 Å². The zero-order chi connectivity index (χ0) is 35.8. The van der Waals surface area contributed by atoms with Crippen LogP contribution in [-0.4, -0.2) is 68.4 Å². The Morgan fingerprint density at radius 1 is 0.898 bits per heavy atom. The van der Waals surface area contributed by atoms with Crippen molar-refractivity contribution in [1.82, 2.24) is 19.9 Å². The molecule has 2 atom stereocenters. The van der Waals surface area contributed by atoms with Gasteiger partial charge in [0.1, 0.15) is 28.4 Å². The fourth-order valence-corrected chi connectivity index (χ4v) is 7.11. The Morgan fingerprint density at radius 3 is 2.12 bits per heavy atom. The smallest absolute Gasteiger partial charge is 0.417 e. The number of amides is 2. The van der Waals surface area contributed by atoms with Crippen LogP contribution in [0.2, 0.25) is 0 Å². The molecule has 2 aliphatic rings. The number of nitrogens with one attached hydrogen (secondary N) is 1. The molecule has 2 bridgehead atoms. The van der Waals surface area contributed by atoms with Gasteiger partial charge in [-0.25, -0.2) is 23.4 Å². The fraction of sp³-hybridized carbons (Fsp3) is 0.469. The van der Waals surface area contributed by atoms with Gasteiger partial charge in [0.05, 0.1) is 27.9 Å². The highest BCUT2D eigenvalue weighted by Crippen LogP contribution is 2.46. The molecule has 17 heteroatoms. The van der Waals surface area contributed by atoms with E-state index in [-0.39, 0.29) is 34.3 Å². The van der Waals surface area contributed by atoms with Gasteiger partial charge in [-0.3, -0.25) is 10.2 Å². The summed E-state index contributed by atoms with van der Waals surface area (Å²) in [7, 11) is 0. The van der Waals surface area contributed by atoms with E-state index in [1.165, 1.54) is 4.90 Å². The van der Waals surface area contributed by atoms with Crippen LogP contribution in [0, 0.1) is 17.7 Å². The van der Waals surface area contributed by atoms with Crippen molar-refractivity contribution >= 4 is 55.6 Å². The van der Waals surface area contributed by atoms with Gasteiger partial charge in [-0.1, -0.05) is 11.3 Å². The predicted molar refractivity (Wildman–Crippen MR) is 170 cm³/mol. The van der Waals surface area contributed by atoms with Gasteiger partial charge >= 0.3 is 24.4 Å². The van der Waals surface area contributed by atoms with E-state index < -0.39 is 87.0 Å². The number of hydrogen-bond acceptors (Lipinski definition) is 9. The first kappa shape index (κ1) is 34.5. The third-order valence-corrected chi connectivity index (χ3v) is 8.93. The van der Waals surface area contributed by atoms with Crippen LogP contribution in [0.1, 0.15) is 59.9 Å². The number of fused-ring (bicyclic) bond motifs is 4. The summed E-state index contributed by atoms with van der Waals surface area (Å²) in [6, 6.07) is 1.61. The predicted octanol–water partition coefficient (Wildman–Crippen LogP) is 8.28. The van der Waals surface area contributed by atoms with Gasteiger partial charge in [-0.2, -0.15) is 27.5 Å². The molecule has 2 amide bonds. The number of hydrogen-bond donors (Lipinski definition) is 1. The fourth-order valence-electron chi connectivity index (χ4n) is 6.22. The molecule has 2 aromatic heterocycles. The number of nitrogens with zero attached hydrogens (tertiary/aromatic N) is 5. The molecule has 0 radical (unpaired) electrons. The third-order valence-electron chi connectivity index (χ3n) is 7.95. The van der Waals surface area contributed by atoms with Crippen LogP contribution < -0.4 is 10.2 Å². The summed E-state index contributed by atoms with van der Waals surface area (Å²) in [6.07, 6.45) is -6.88. The van der Waals surface area contributed by atoms with Crippen LogP contribution in [0.4, 0.5) is 46.9 Å². The molecule has 2 saturated heterocycles. The van der Waals surface area contributed by atoms with Crippen molar-refractivity contribution in [3.05, 3.63) is 41.5 Å². The molecule has 2 fully saturated rings. The molecule has 10 nitrogen and oxygen atoms in total. The molecular formula is C32H32F6N6O4S. The summed E-state index contributed by atoms with van der Waals surface area (Å²) in [5, 5.41) is 1.72. The average Bonchev–Trinajstić information content (AvgIpc) is 3.49. The molecule has 0 saturated carbocycles. The lowest BCUT2D eigenvalue weighted by Crippen LogP contribution is -2.57. The minimum Gasteiger partial charge on any atom is -0.444 e. The first-order chi connectivity index (χ1) is 22.7. The second-order valence-corrected chi connectivity index (χ2v) is 14.9. The Hall–Kier alpha value is -4.41. The second kappa shape index (κ2) is 11.9. The number of anilines is 2. The Bertz CT molecular complexity index is 1980. The van der Waals surface area contributed by atoms with E-state index in [0.717, 1.165) is 12.1 Å². The van der Waals surface area contributed by atoms with Gasteiger partial charge in [0.15, 0.2) is 10.9 Å². The summed E-state index contributed by atoms with van der Waals surface area (Å²) in [5.74, 6) is -2.66. The summed E-state index contributed by atoms with van der Waals surface area (Å²) >= 11 is 0.614. The Labute approximate surface area is 280 Å². The molecule has 6 rings (SSSR count). The lowest BCUT2D eigenvalue weighted by molar-refractivity contribution is -0.137. The number of thiazole rings is 1. The highest BCUT2D eigenvalue weighted by molar-refractivity contribution is 7.22. The van der Waals surface area contributed by atoms with E-state index in [4.69, 9.17) is 9.47 Å².